The average Bonchev–Trinajstić information content (AvgIpc) is 3.15. The molecule has 3 rings (SSSR count). The van der Waals surface area contributed by atoms with Crippen LogP contribution >= 0.6 is 23.2 Å². The zero-order valence-electron chi connectivity index (χ0n) is 17.6. The molecule has 1 fully saturated rings. The third-order valence-corrected chi connectivity index (χ3v) is 6.44. The molecule has 0 bridgehead atoms. The summed E-state index contributed by atoms with van der Waals surface area (Å²) >= 11 is 12.7. The van der Waals surface area contributed by atoms with E-state index in [2.05, 4.69) is 25.7 Å². The lowest BCUT2D eigenvalue weighted by Gasteiger charge is -2.35. The van der Waals surface area contributed by atoms with Crippen molar-refractivity contribution in [2.75, 3.05) is 6.54 Å². The van der Waals surface area contributed by atoms with Crippen molar-refractivity contribution in [2.45, 2.75) is 59.2 Å². The zero-order valence-corrected chi connectivity index (χ0v) is 19.1. The van der Waals surface area contributed by atoms with Crippen molar-refractivity contribution in [3.8, 4) is 0 Å². The maximum absolute atomic E-state index is 12.8. The summed E-state index contributed by atoms with van der Waals surface area (Å²) in [7, 11) is 0. The van der Waals surface area contributed by atoms with E-state index in [9.17, 15) is 9.59 Å². The van der Waals surface area contributed by atoms with Crippen LogP contribution in [0.2, 0.25) is 10.0 Å². The summed E-state index contributed by atoms with van der Waals surface area (Å²) in [5, 5.41) is 9.66. The van der Waals surface area contributed by atoms with Gasteiger partial charge in [0.05, 0.1) is 16.3 Å². The van der Waals surface area contributed by atoms with E-state index in [4.69, 9.17) is 28.3 Å². The third kappa shape index (κ3) is 5.08. The summed E-state index contributed by atoms with van der Waals surface area (Å²) in [4.78, 5) is 26.3. The Morgan fingerprint density at radius 1 is 1.17 bits per heavy atom. The first-order chi connectivity index (χ1) is 14.1. The Bertz CT molecular complexity index is 978. The number of aryl methyl sites for hydroxylation is 1. The fourth-order valence-electron chi connectivity index (χ4n) is 4.28. The molecule has 1 atom stereocenters. The molecule has 0 radical (unpaired) electrons. The van der Waals surface area contributed by atoms with E-state index in [-0.39, 0.29) is 21.6 Å². The fraction of sp³-hybridized carbons (Fsp3) is 0.478. The van der Waals surface area contributed by atoms with Crippen molar-refractivity contribution in [1.82, 2.24) is 9.47 Å². The Kier molecular flexibility index (Phi) is 6.95. The molecule has 1 N–H and O–H groups in total. The number of rotatable bonds is 6. The van der Waals surface area contributed by atoms with Crippen molar-refractivity contribution in [3.05, 3.63) is 67.6 Å². The van der Waals surface area contributed by atoms with Crippen molar-refractivity contribution >= 4 is 29.2 Å². The second kappa shape index (κ2) is 9.13. The second-order valence-electron chi connectivity index (χ2n) is 8.99. The first-order valence-electron chi connectivity index (χ1n) is 10.2. The standard InChI is InChI=1S/C23H28Cl2N2O3/c1-23(2,3)20-5-4-11-26(20)14-19-17(24)13-18(25)21(28)27(19)12-10-15-6-8-16(9-7-15)22(29)30/h6-9,13,20H,4-5,10-12,14H2,1-3H3,(H,29,30)/t20-/m0/s1. The van der Waals surface area contributed by atoms with E-state index < -0.39 is 5.97 Å². The molecule has 0 aliphatic carbocycles. The number of halogens is 2. The van der Waals surface area contributed by atoms with Crippen LogP contribution in [0.15, 0.2) is 35.1 Å². The molecule has 0 amide bonds. The maximum atomic E-state index is 12.8. The molecular formula is C23H28Cl2N2O3. The van der Waals surface area contributed by atoms with E-state index in [1.54, 1.807) is 34.9 Å². The Labute approximate surface area is 187 Å². The van der Waals surface area contributed by atoms with Crippen molar-refractivity contribution in [3.63, 3.8) is 0 Å². The number of nitrogens with zero attached hydrogens (tertiary/aromatic N) is 2. The van der Waals surface area contributed by atoms with Crippen molar-refractivity contribution in [2.24, 2.45) is 5.41 Å². The number of carbonyl (C=O) groups is 1. The molecule has 2 heterocycles. The molecule has 5 nitrogen and oxygen atoms in total. The minimum atomic E-state index is -0.958. The molecule has 1 saturated heterocycles. The van der Waals surface area contributed by atoms with Gasteiger partial charge in [0.15, 0.2) is 0 Å². The van der Waals surface area contributed by atoms with E-state index in [0.717, 1.165) is 30.6 Å². The van der Waals surface area contributed by atoms with E-state index in [1.165, 1.54) is 0 Å². The van der Waals surface area contributed by atoms with Crippen LogP contribution in [0.1, 0.15) is 55.2 Å². The van der Waals surface area contributed by atoms with Crippen LogP contribution in [0.5, 0.6) is 0 Å². The highest BCUT2D eigenvalue weighted by atomic mass is 35.5. The van der Waals surface area contributed by atoms with Crippen LogP contribution in [-0.4, -0.2) is 33.1 Å². The molecule has 30 heavy (non-hydrogen) atoms. The van der Waals surface area contributed by atoms with Crippen LogP contribution in [0.3, 0.4) is 0 Å². The van der Waals surface area contributed by atoms with E-state index in [1.807, 2.05) is 0 Å². The zero-order chi connectivity index (χ0) is 22.1. The number of carboxylic acid groups (broad SMARTS) is 1. The quantitative estimate of drug-likeness (QED) is 0.664. The van der Waals surface area contributed by atoms with Gasteiger partial charge < -0.3 is 9.67 Å². The molecule has 1 aromatic carbocycles. The minimum Gasteiger partial charge on any atom is -0.478 e. The highest BCUT2D eigenvalue weighted by Crippen LogP contribution is 2.34. The molecule has 7 heteroatoms. The van der Waals surface area contributed by atoms with Gasteiger partial charge in [-0.25, -0.2) is 4.79 Å². The van der Waals surface area contributed by atoms with E-state index >= 15 is 0 Å². The lowest BCUT2D eigenvalue weighted by Crippen LogP contribution is -2.40. The molecule has 1 aliphatic heterocycles. The van der Waals surface area contributed by atoms with E-state index in [0.29, 0.717) is 30.6 Å². The Balaban J connectivity index is 1.86. The highest BCUT2D eigenvalue weighted by molar-refractivity contribution is 6.34. The fourth-order valence-corrected chi connectivity index (χ4v) is 4.82. The molecule has 2 aromatic rings. The molecular weight excluding hydrogens is 423 g/mol. The van der Waals surface area contributed by atoms with Gasteiger partial charge in [-0.2, -0.15) is 0 Å². The number of carboxylic acids is 1. The van der Waals surface area contributed by atoms with Gasteiger partial charge in [-0.1, -0.05) is 56.1 Å². The van der Waals surface area contributed by atoms with Crippen LogP contribution in [0.4, 0.5) is 0 Å². The largest absolute Gasteiger partial charge is 0.478 e. The smallest absolute Gasteiger partial charge is 0.335 e. The number of pyridine rings is 1. The normalized spacial score (nSPS) is 17.4. The van der Waals surface area contributed by atoms with Gasteiger partial charge in [0, 0.05) is 19.1 Å². The van der Waals surface area contributed by atoms with Crippen LogP contribution in [0, 0.1) is 5.41 Å². The van der Waals surface area contributed by atoms with Gasteiger partial charge in [-0.15, -0.1) is 0 Å². The van der Waals surface area contributed by atoms with Gasteiger partial charge in [-0.3, -0.25) is 9.69 Å². The predicted octanol–water partition coefficient (Wildman–Crippen LogP) is 5.11. The summed E-state index contributed by atoms with van der Waals surface area (Å²) in [6, 6.07) is 8.67. The number of hydrogen-bond donors (Lipinski definition) is 1. The molecule has 0 saturated carbocycles. The van der Waals surface area contributed by atoms with Crippen LogP contribution in [0.25, 0.3) is 0 Å². The second-order valence-corrected chi connectivity index (χ2v) is 9.80. The lowest BCUT2D eigenvalue weighted by molar-refractivity contribution is 0.0697. The molecule has 0 spiro atoms. The number of likely N-dealkylation sites (tertiary alicyclic amines) is 1. The van der Waals surface area contributed by atoms with Crippen LogP contribution < -0.4 is 5.56 Å². The van der Waals surface area contributed by atoms with Crippen molar-refractivity contribution < 1.29 is 9.90 Å². The van der Waals surface area contributed by atoms with Gasteiger partial charge in [0.2, 0.25) is 0 Å². The highest BCUT2D eigenvalue weighted by Gasteiger charge is 2.34. The Morgan fingerprint density at radius 2 is 1.83 bits per heavy atom. The molecule has 162 valence electrons. The monoisotopic (exact) mass is 450 g/mol. The summed E-state index contributed by atoms with van der Waals surface area (Å²) in [5.74, 6) is -0.958. The molecule has 1 aromatic heterocycles. The summed E-state index contributed by atoms with van der Waals surface area (Å²) in [6.45, 7) is 8.74. The molecule has 0 unspecified atom stereocenters. The summed E-state index contributed by atoms with van der Waals surface area (Å²) in [6.07, 6.45) is 2.84. The number of hydrogen-bond acceptors (Lipinski definition) is 3. The summed E-state index contributed by atoms with van der Waals surface area (Å²) in [5.41, 5.74) is 1.87. The Hall–Kier alpha value is -1.82. The summed E-state index contributed by atoms with van der Waals surface area (Å²) < 4.78 is 1.67. The number of benzene rings is 1. The molecule has 1 aliphatic rings. The van der Waals surface area contributed by atoms with Crippen LogP contribution in [-0.2, 0) is 19.5 Å². The SMILES string of the molecule is CC(C)(C)[C@@H]1CCCN1Cc1c(Cl)cc(Cl)c(=O)n1CCc1ccc(C(=O)O)cc1. The Morgan fingerprint density at radius 3 is 2.43 bits per heavy atom. The van der Waals surface area contributed by atoms with Gasteiger partial charge in [0.1, 0.15) is 5.02 Å². The first-order valence-corrected chi connectivity index (χ1v) is 11.0. The average molecular weight is 451 g/mol. The number of aromatic nitrogens is 1. The van der Waals surface area contributed by atoms with Gasteiger partial charge in [0.25, 0.3) is 5.56 Å². The van der Waals surface area contributed by atoms with Crippen molar-refractivity contribution in [1.29, 1.82) is 0 Å². The topological polar surface area (TPSA) is 62.5 Å². The number of aromatic carboxylic acids is 1. The third-order valence-electron chi connectivity index (χ3n) is 5.85. The maximum Gasteiger partial charge on any atom is 0.335 e. The minimum absolute atomic E-state index is 0.110. The van der Waals surface area contributed by atoms with Gasteiger partial charge >= 0.3 is 5.97 Å². The predicted molar refractivity (Wildman–Crippen MR) is 121 cm³/mol. The van der Waals surface area contributed by atoms with Gasteiger partial charge in [-0.05, 0) is 55.0 Å². The lowest BCUT2D eigenvalue weighted by atomic mass is 9.85. The first kappa shape index (κ1) is 22.9.